The Morgan fingerprint density at radius 3 is 2.39 bits per heavy atom. The maximum absolute atomic E-state index is 12.4. The third kappa shape index (κ3) is 5.38. The highest BCUT2D eigenvalue weighted by atomic mass is 35.5. The Morgan fingerprint density at radius 1 is 1.26 bits per heavy atom. The summed E-state index contributed by atoms with van der Waals surface area (Å²) in [6.45, 7) is 4.30. The van der Waals surface area contributed by atoms with Crippen LogP contribution in [0.1, 0.15) is 21.0 Å². The van der Waals surface area contributed by atoms with Crippen LogP contribution in [0.5, 0.6) is 0 Å². The van der Waals surface area contributed by atoms with Crippen molar-refractivity contribution in [2.75, 3.05) is 38.2 Å². The van der Waals surface area contributed by atoms with Gasteiger partial charge in [0.05, 0.1) is 10.9 Å². The Hall–Kier alpha value is -0.760. The van der Waals surface area contributed by atoms with E-state index in [1.807, 2.05) is 30.2 Å². The van der Waals surface area contributed by atoms with Crippen LogP contribution in [-0.4, -0.2) is 65.8 Å². The van der Waals surface area contributed by atoms with E-state index in [0.717, 1.165) is 15.5 Å². The van der Waals surface area contributed by atoms with E-state index in [1.165, 1.54) is 11.3 Å². The molecule has 1 aromatic rings. The van der Waals surface area contributed by atoms with Gasteiger partial charge in [-0.05, 0) is 37.5 Å². The number of hydrogen-bond donors (Lipinski definition) is 1. The van der Waals surface area contributed by atoms with Crippen molar-refractivity contribution in [3.8, 4) is 0 Å². The molecule has 5 nitrogen and oxygen atoms in total. The molecule has 0 radical (unpaired) electrons. The monoisotopic (exact) mass is 377 g/mol. The molecule has 1 fully saturated rings. The van der Waals surface area contributed by atoms with E-state index < -0.39 is 6.04 Å². The number of thioether (sulfide) groups is 1. The molecule has 1 saturated heterocycles. The predicted octanol–water partition coefficient (Wildman–Crippen LogP) is 1.84. The van der Waals surface area contributed by atoms with Gasteiger partial charge in [-0.15, -0.1) is 23.7 Å². The topological polar surface area (TPSA) is 66.6 Å². The average Bonchev–Trinajstić information content (AvgIpc) is 2.97. The maximum atomic E-state index is 12.4. The van der Waals surface area contributed by atoms with Crippen LogP contribution in [-0.2, 0) is 4.79 Å². The number of rotatable bonds is 5. The van der Waals surface area contributed by atoms with Gasteiger partial charge in [-0.25, -0.2) is 0 Å². The zero-order valence-corrected chi connectivity index (χ0v) is 15.9. The van der Waals surface area contributed by atoms with Crippen LogP contribution in [0.15, 0.2) is 12.1 Å². The van der Waals surface area contributed by atoms with Crippen molar-refractivity contribution in [3.05, 3.63) is 21.9 Å². The summed E-state index contributed by atoms with van der Waals surface area (Å²) in [6, 6.07) is 3.41. The molecule has 0 unspecified atom stereocenters. The molecular formula is C15H24ClN3O2S2. The van der Waals surface area contributed by atoms with Gasteiger partial charge in [0.1, 0.15) is 0 Å². The summed E-state index contributed by atoms with van der Waals surface area (Å²) in [6.07, 6.45) is 2.71. The summed E-state index contributed by atoms with van der Waals surface area (Å²) >= 11 is 3.21. The fourth-order valence-corrected chi connectivity index (χ4v) is 3.76. The second kappa shape index (κ2) is 9.52. The second-order valence-corrected chi connectivity index (χ2v) is 7.69. The quantitative estimate of drug-likeness (QED) is 0.850. The molecule has 8 heteroatoms. The van der Waals surface area contributed by atoms with E-state index in [2.05, 4.69) is 0 Å². The molecule has 0 aromatic carbocycles. The van der Waals surface area contributed by atoms with Crippen molar-refractivity contribution in [3.63, 3.8) is 0 Å². The van der Waals surface area contributed by atoms with Crippen LogP contribution in [0.3, 0.4) is 0 Å². The maximum Gasteiger partial charge on any atom is 0.264 e. The van der Waals surface area contributed by atoms with Gasteiger partial charge >= 0.3 is 0 Å². The molecule has 0 spiro atoms. The van der Waals surface area contributed by atoms with Crippen molar-refractivity contribution in [1.29, 1.82) is 0 Å². The molecule has 1 aliphatic rings. The van der Waals surface area contributed by atoms with E-state index in [-0.39, 0.29) is 24.2 Å². The summed E-state index contributed by atoms with van der Waals surface area (Å²) in [7, 11) is 0. The van der Waals surface area contributed by atoms with Gasteiger partial charge in [-0.1, -0.05) is 0 Å². The van der Waals surface area contributed by atoms with Gasteiger partial charge < -0.3 is 15.5 Å². The molecule has 2 heterocycles. The fraction of sp³-hybridized carbons (Fsp3) is 0.600. The Labute approximate surface area is 152 Å². The largest absolute Gasteiger partial charge is 0.338 e. The highest BCUT2D eigenvalue weighted by molar-refractivity contribution is 7.98. The normalized spacial score (nSPS) is 16.0. The van der Waals surface area contributed by atoms with Gasteiger partial charge in [-0.3, -0.25) is 9.59 Å². The van der Waals surface area contributed by atoms with Crippen LogP contribution >= 0.6 is 35.5 Å². The third-order valence-corrected chi connectivity index (χ3v) is 5.41. The zero-order chi connectivity index (χ0) is 16.1. The van der Waals surface area contributed by atoms with E-state index in [0.29, 0.717) is 32.6 Å². The summed E-state index contributed by atoms with van der Waals surface area (Å²) < 4.78 is 0. The zero-order valence-electron chi connectivity index (χ0n) is 13.5. The van der Waals surface area contributed by atoms with Gasteiger partial charge in [0.15, 0.2) is 0 Å². The number of hydrogen-bond acceptors (Lipinski definition) is 5. The van der Waals surface area contributed by atoms with Crippen LogP contribution < -0.4 is 5.73 Å². The number of carbonyl (C=O) groups excluding carboxylic acids is 2. The molecule has 130 valence electrons. The third-order valence-electron chi connectivity index (χ3n) is 3.78. The lowest BCUT2D eigenvalue weighted by molar-refractivity contribution is -0.134. The van der Waals surface area contributed by atoms with E-state index in [4.69, 9.17) is 5.73 Å². The van der Waals surface area contributed by atoms with Crippen molar-refractivity contribution in [1.82, 2.24) is 9.80 Å². The summed E-state index contributed by atoms with van der Waals surface area (Å²) in [5.41, 5.74) is 5.94. The highest BCUT2D eigenvalue weighted by Gasteiger charge is 2.27. The van der Waals surface area contributed by atoms with E-state index in [9.17, 15) is 9.59 Å². The molecule has 2 rings (SSSR count). The molecule has 0 bridgehead atoms. The molecule has 2 N–H and O–H groups in total. The number of halogens is 1. The molecule has 1 atom stereocenters. The Balaban J connectivity index is 0.00000264. The molecule has 1 aliphatic heterocycles. The number of carbonyl (C=O) groups is 2. The lowest BCUT2D eigenvalue weighted by Crippen LogP contribution is -2.54. The van der Waals surface area contributed by atoms with Crippen LogP contribution in [0.4, 0.5) is 0 Å². The van der Waals surface area contributed by atoms with Crippen LogP contribution in [0.2, 0.25) is 0 Å². The first kappa shape index (κ1) is 20.3. The van der Waals surface area contributed by atoms with Gasteiger partial charge in [0.2, 0.25) is 5.91 Å². The van der Waals surface area contributed by atoms with E-state index >= 15 is 0 Å². The summed E-state index contributed by atoms with van der Waals surface area (Å²) in [4.78, 5) is 30.1. The molecular weight excluding hydrogens is 354 g/mol. The van der Waals surface area contributed by atoms with Crippen LogP contribution in [0, 0.1) is 6.92 Å². The van der Waals surface area contributed by atoms with Crippen molar-refractivity contribution < 1.29 is 9.59 Å². The van der Waals surface area contributed by atoms with Crippen LogP contribution in [0.25, 0.3) is 0 Å². The number of piperazine rings is 1. The minimum absolute atomic E-state index is 0. The van der Waals surface area contributed by atoms with Gasteiger partial charge in [0, 0.05) is 31.1 Å². The first-order valence-electron chi connectivity index (χ1n) is 7.42. The second-order valence-electron chi connectivity index (χ2n) is 5.42. The first-order valence-corrected chi connectivity index (χ1v) is 9.63. The number of aryl methyl sites for hydroxylation is 1. The molecule has 2 amide bonds. The first-order chi connectivity index (χ1) is 10.5. The molecule has 0 saturated carbocycles. The average molecular weight is 378 g/mol. The minimum Gasteiger partial charge on any atom is -0.338 e. The number of nitrogens with two attached hydrogens (primary N) is 1. The molecule has 0 aliphatic carbocycles. The molecule has 23 heavy (non-hydrogen) atoms. The molecule has 1 aromatic heterocycles. The fourth-order valence-electron chi connectivity index (χ4n) is 2.44. The number of nitrogens with zero attached hydrogens (tertiary/aromatic N) is 2. The Morgan fingerprint density at radius 2 is 1.87 bits per heavy atom. The van der Waals surface area contributed by atoms with Crippen molar-refractivity contribution in [2.24, 2.45) is 5.73 Å². The van der Waals surface area contributed by atoms with Crippen molar-refractivity contribution in [2.45, 2.75) is 19.4 Å². The van der Waals surface area contributed by atoms with Crippen molar-refractivity contribution >= 4 is 47.3 Å². The summed E-state index contributed by atoms with van der Waals surface area (Å²) in [5.74, 6) is 0.966. The highest BCUT2D eigenvalue weighted by Crippen LogP contribution is 2.18. The number of thiophene rings is 1. The Bertz CT molecular complexity index is 531. The lowest BCUT2D eigenvalue weighted by atomic mass is 10.2. The standard InChI is InChI=1S/C15H23N3O2S2.ClH/c1-11-3-4-13(22-11)15(20)18-8-6-17(7-9-18)14(19)12(16)5-10-21-2;/h3-4,12H,5-10,16H2,1-2H3;1H/t12-;/m0./s1. The van der Waals surface area contributed by atoms with Gasteiger partial charge in [-0.2, -0.15) is 11.8 Å². The van der Waals surface area contributed by atoms with Gasteiger partial charge in [0.25, 0.3) is 5.91 Å². The van der Waals surface area contributed by atoms with E-state index in [1.54, 1.807) is 16.7 Å². The Kier molecular flexibility index (Phi) is 8.39. The number of amides is 2. The lowest BCUT2D eigenvalue weighted by Gasteiger charge is -2.35. The summed E-state index contributed by atoms with van der Waals surface area (Å²) in [5, 5.41) is 0. The smallest absolute Gasteiger partial charge is 0.264 e. The SMILES string of the molecule is CSCC[C@H](N)C(=O)N1CCN(C(=O)c2ccc(C)s2)CC1.Cl. The minimum atomic E-state index is -0.422. The predicted molar refractivity (Wildman–Crippen MR) is 99.8 cm³/mol.